The third-order valence-corrected chi connectivity index (χ3v) is 7.07. The highest BCUT2D eigenvalue weighted by Crippen LogP contribution is 2.40. The van der Waals surface area contributed by atoms with Gasteiger partial charge in [0.1, 0.15) is 24.0 Å². The van der Waals surface area contributed by atoms with Crippen LogP contribution in [0.2, 0.25) is 0 Å². The van der Waals surface area contributed by atoms with Crippen LogP contribution in [0.5, 0.6) is 5.75 Å². The Hall–Kier alpha value is -3.55. The van der Waals surface area contributed by atoms with E-state index in [1.807, 2.05) is 61.8 Å². The predicted molar refractivity (Wildman–Crippen MR) is 138 cm³/mol. The van der Waals surface area contributed by atoms with Gasteiger partial charge in [0.2, 0.25) is 0 Å². The van der Waals surface area contributed by atoms with Crippen molar-refractivity contribution in [3.05, 3.63) is 59.7 Å². The van der Waals surface area contributed by atoms with Gasteiger partial charge >= 0.3 is 6.09 Å². The number of ether oxygens (including phenoxy) is 2. The van der Waals surface area contributed by atoms with Crippen LogP contribution in [0, 0.1) is 0 Å². The van der Waals surface area contributed by atoms with Crippen LogP contribution in [0.15, 0.2) is 53.6 Å². The highest BCUT2D eigenvalue weighted by molar-refractivity contribution is 6.09. The second-order valence-electron chi connectivity index (χ2n) is 10.8. The number of hydrazone groups is 1. The number of fused-ring (bicyclic) bond motifs is 3. The Morgan fingerprint density at radius 3 is 2.72 bits per heavy atom. The molecule has 0 aromatic heterocycles. The van der Waals surface area contributed by atoms with E-state index in [4.69, 9.17) is 9.47 Å². The summed E-state index contributed by atoms with van der Waals surface area (Å²) in [5.74, 6) is 1.59. The number of anilines is 1. The molecule has 3 aliphatic rings. The fourth-order valence-electron chi connectivity index (χ4n) is 5.29. The van der Waals surface area contributed by atoms with E-state index in [1.54, 1.807) is 0 Å². The number of benzene rings is 2. The monoisotopic (exact) mass is 490 g/mol. The van der Waals surface area contributed by atoms with Crippen molar-refractivity contribution >= 4 is 23.5 Å². The van der Waals surface area contributed by atoms with Gasteiger partial charge in [-0.25, -0.2) is 10.2 Å². The Labute approximate surface area is 212 Å². The quantitative estimate of drug-likeness (QED) is 0.688. The van der Waals surface area contributed by atoms with Gasteiger partial charge in [0.05, 0.1) is 5.69 Å². The second kappa shape index (κ2) is 9.48. The molecule has 1 unspecified atom stereocenters. The van der Waals surface area contributed by atoms with E-state index in [2.05, 4.69) is 34.8 Å². The van der Waals surface area contributed by atoms with Crippen molar-refractivity contribution in [2.75, 3.05) is 18.1 Å². The standard InChI is InChI=1S/C28H34N4O4/c1-18-26(33)30-29-25-17-35-24-11-10-20(16-23(24)32(18)25)21-12-13-31(27(34)36-28(2,3)4)22(15-21)14-19-8-6-5-7-9-19/h5-11,16,18,21-22H,12-15,17H2,1-4H3,(H,30,33)/t18-,21?,22-/m1/s1. The van der Waals surface area contributed by atoms with Gasteiger partial charge in [-0.05, 0) is 76.1 Å². The fourth-order valence-corrected chi connectivity index (χ4v) is 5.29. The third-order valence-electron chi connectivity index (χ3n) is 7.07. The van der Waals surface area contributed by atoms with Crippen molar-refractivity contribution in [1.29, 1.82) is 0 Å². The van der Waals surface area contributed by atoms with Gasteiger partial charge in [-0.1, -0.05) is 36.4 Å². The van der Waals surface area contributed by atoms with Crippen LogP contribution in [0.3, 0.4) is 0 Å². The highest BCUT2D eigenvalue weighted by Gasteiger charge is 2.38. The summed E-state index contributed by atoms with van der Waals surface area (Å²) in [4.78, 5) is 29.3. The molecular weight excluding hydrogens is 456 g/mol. The maximum atomic E-state index is 13.1. The molecule has 2 aromatic rings. The first-order valence-electron chi connectivity index (χ1n) is 12.7. The van der Waals surface area contributed by atoms with Crippen molar-refractivity contribution in [1.82, 2.24) is 10.3 Å². The molecule has 1 saturated heterocycles. The number of nitrogens with one attached hydrogen (secondary N) is 1. The Kier molecular flexibility index (Phi) is 6.36. The largest absolute Gasteiger partial charge is 0.483 e. The SMILES string of the molecule is C[C@@H]1C(=O)NN=C2COc3ccc(C4CCN(C(=O)OC(C)(C)C)[C@H](Cc5ccccc5)C4)cc3N21. The number of carbonyl (C=O) groups is 2. The topological polar surface area (TPSA) is 83.5 Å². The zero-order valence-corrected chi connectivity index (χ0v) is 21.4. The molecule has 8 nitrogen and oxygen atoms in total. The van der Waals surface area contributed by atoms with Gasteiger partial charge in [0, 0.05) is 12.6 Å². The summed E-state index contributed by atoms with van der Waals surface area (Å²) in [6.07, 6.45) is 2.17. The molecule has 0 radical (unpaired) electrons. The number of hydrogen-bond donors (Lipinski definition) is 1. The van der Waals surface area contributed by atoms with E-state index < -0.39 is 5.60 Å². The van der Waals surface area contributed by atoms with Crippen LogP contribution < -0.4 is 15.1 Å². The number of piperidine rings is 1. The molecule has 2 aromatic carbocycles. The van der Waals surface area contributed by atoms with Crippen molar-refractivity contribution in [3.63, 3.8) is 0 Å². The van der Waals surface area contributed by atoms with Crippen LogP contribution >= 0.6 is 0 Å². The summed E-state index contributed by atoms with van der Waals surface area (Å²) in [6.45, 7) is 8.53. The van der Waals surface area contributed by atoms with Crippen molar-refractivity contribution in [3.8, 4) is 5.75 Å². The minimum atomic E-state index is -0.541. The van der Waals surface area contributed by atoms with Crippen LogP contribution in [-0.2, 0) is 16.0 Å². The first kappa shape index (κ1) is 24.2. The van der Waals surface area contributed by atoms with Gasteiger partial charge in [-0.2, -0.15) is 5.10 Å². The minimum Gasteiger partial charge on any atom is -0.483 e. The molecule has 36 heavy (non-hydrogen) atoms. The molecule has 3 atom stereocenters. The fraction of sp³-hybridized carbons (Fsp3) is 0.464. The van der Waals surface area contributed by atoms with Crippen molar-refractivity contribution in [2.45, 2.75) is 70.6 Å². The normalized spacial score (nSPS) is 23.6. The van der Waals surface area contributed by atoms with Gasteiger partial charge in [-0.15, -0.1) is 0 Å². The number of amides is 2. The van der Waals surface area contributed by atoms with Gasteiger partial charge < -0.3 is 19.3 Å². The minimum absolute atomic E-state index is 0.0186. The number of hydrogen-bond acceptors (Lipinski definition) is 6. The van der Waals surface area contributed by atoms with E-state index in [9.17, 15) is 9.59 Å². The van der Waals surface area contributed by atoms with E-state index in [0.717, 1.165) is 30.7 Å². The van der Waals surface area contributed by atoms with Crippen LogP contribution in [0.4, 0.5) is 10.5 Å². The number of nitrogens with zero attached hydrogens (tertiary/aromatic N) is 3. The zero-order chi connectivity index (χ0) is 25.4. The molecule has 8 heteroatoms. The first-order valence-corrected chi connectivity index (χ1v) is 12.7. The average molecular weight is 491 g/mol. The van der Waals surface area contributed by atoms with E-state index in [1.165, 1.54) is 11.1 Å². The van der Waals surface area contributed by atoms with E-state index in [0.29, 0.717) is 19.0 Å². The summed E-state index contributed by atoms with van der Waals surface area (Å²) in [7, 11) is 0. The lowest BCUT2D eigenvalue weighted by molar-refractivity contribution is -0.122. The summed E-state index contributed by atoms with van der Waals surface area (Å²) < 4.78 is 11.7. The summed E-state index contributed by atoms with van der Waals surface area (Å²) >= 11 is 0. The highest BCUT2D eigenvalue weighted by atomic mass is 16.6. The lowest BCUT2D eigenvalue weighted by atomic mass is 9.83. The molecule has 190 valence electrons. The Morgan fingerprint density at radius 2 is 1.97 bits per heavy atom. The molecule has 3 aliphatic heterocycles. The maximum absolute atomic E-state index is 13.1. The Balaban J connectivity index is 1.42. The number of rotatable bonds is 3. The number of amidine groups is 1. The lowest BCUT2D eigenvalue weighted by Gasteiger charge is -2.41. The van der Waals surface area contributed by atoms with Gasteiger partial charge in [0.15, 0.2) is 5.84 Å². The molecule has 3 heterocycles. The van der Waals surface area contributed by atoms with Gasteiger partial charge in [0.25, 0.3) is 5.91 Å². The van der Waals surface area contributed by atoms with E-state index in [-0.39, 0.29) is 30.0 Å². The van der Waals surface area contributed by atoms with Crippen LogP contribution in [0.25, 0.3) is 0 Å². The smallest absolute Gasteiger partial charge is 0.410 e. The summed E-state index contributed by atoms with van der Waals surface area (Å²) in [6, 6.07) is 16.2. The molecule has 0 saturated carbocycles. The number of carbonyl (C=O) groups excluding carboxylic acids is 2. The molecule has 0 bridgehead atoms. The zero-order valence-electron chi connectivity index (χ0n) is 21.4. The molecule has 1 N–H and O–H groups in total. The van der Waals surface area contributed by atoms with Crippen LogP contribution in [-0.4, -0.2) is 53.6 Å². The summed E-state index contributed by atoms with van der Waals surface area (Å²) in [5, 5.41) is 4.20. The van der Waals surface area contributed by atoms with E-state index >= 15 is 0 Å². The molecular formula is C28H34N4O4. The molecule has 0 aliphatic carbocycles. The first-order chi connectivity index (χ1) is 17.2. The Bertz CT molecular complexity index is 1170. The van der Waals surface area contributed by atoms with Gasteiger partial charge in [-0.3, -0.25) is 4.79 Å². The Morgan fingerprint density at radius 1 is 1.19 bits per heavy atom. The molecule has 5 rings (SSSR count). The lowest BCUT2D eigenvalue weighted by Crippen LogP contribution is -2.55. The summed E-state index contributed by atoms with van der Waals surface area (Å²) in [5.41, 5.74) is 5.28. The second-order valence-corrected chi connectivity index (χ2v) is 10.8. The number of likely N-dealkylation sites (tertiary alicyclic amines) is 1. The molecule has 0 spiro atoms. The van der Waals surface area contributed by atoms with Crippen molar-refractivity contribution < 1.29 is 19.1 Å². The average Bonchev–Trinajstić information content (AvgIpc) is 2.85. The third kappa shape index (κ3) is 4.90. The van der Waals surface area contributed by atoms with Crippen LogP contribution in [0.1, 0.15) is 57.6 Å². The van der Waals surface area contributed by atoms with Crippen molar-refractivity contribution in [2.24, 2.45) is 5.10 Å². The predicted octanol–water partition coefficient (Wildman–Crippen LogP) is 4.44. The molecule has 1 fully saturated rings. The maximum Gasteiger partial charge on any atom is 0.410 e. The molecule has 2 amide bonds.